The molecule has 2 rings (SSSR count). The van der Waals surface area contributed by atoms with E-state index in [2.05, 4.69) is 0 Å². The van der Waals surface area contributed by atoms with Gasteiger partial charge < -0.3 is 10.0 Å². The fourth-order valence-corrected chi connectivity index (χ4v) is 3.32. The average molecular weight is 253 g/mol. The number of aliphatic carboxylic acids is 1. The maximum atomic E-state index is 12.7. The van der Waals surface area contributed by atoms with Crippen molar-refractivity contribution in [3.8, 4) is 0 Å². The predicted molar refractivity (Wildman–Crippen MR) is 68.2 cm³/mol. The summed E-state index contributed by atoms with van der Waals surface area (Å²) in [6.07, 6.45) is 7.50. The Labute approximate surface area is 108 Å². The second-order valence-electron chi connectivity index (χ2n) is 5.97. The van der Waals surface area contributed by atoms with Crippen molar-refractivity contribution in [2.24, 2.45) is 5.41 Å². The van der Waals surface area contributed by atoms with Crippen molar-refractivity contribution < 1.29 is 14.7 Å². The maximum Gasteiger partial charge on any atom is 0.326 e. The van der Waals surface area contributed by atoms with Gasteiger partial charge in [-0.05, 0) is 25.7 Å². The standard InChI is InChI=1S/C14H23NO3/c1-14(8-4-5-9-14)13(18)15-10-6-2-3-7-11(15)12(16)17/h11H,2-10H2,1H3,(H,16,17). The number of rotatable bonds is 2. The predicted octanol–water partition coefficient (Wildman–Crippen LogP) is 2.42. The Hall–Kier alpha value is -1.06. The van der Waals surface area contributed by atoms with Crippen molar-refractivity contribution in [1.29, 1.82) is 0 Å². The molecule has 1 heterocycles. The molecule has 18 heavy (non-hydrogen) atoms. The number of nitrogens with zero attached hydrogens (tertiary/aromatic N) is 1. The number of amides is 1. The zero-order valence-corrected chi connectivity index (χ0v) is 11.2. The molecule has 102 valence electrons. The summed E-state index contributed by atoms with van der Waals surface area (Å²) in [4.78, 5) is 25.7. The van der Waals surface area contributed by atoms with Crippen molar-refractivity contribution in [3.63, 3.8) is 0 Å². The zero-order valence-electron chi connectivity index (χ0n) is 11.2. The summed E-state index contributed by atoms with van der Waals surface area (Å²) in [7, 11) is 0. The lowest BCUT2D eigenvalue weighted by Crippen LogP contribution is -2.49. The van der Waals surface area contributed by atoms with Crippen LogP contribution in [0.2, 0.25) is 0 Å². The summed E-state index contributed by atoms with van der Waals surface area (Å²) >= 11 is 0. The highest BCUT2D eigenvalue weighted by atomic mass is 16.4. The number of likely N-dealkylation sites (tertiary alicyclic amines) is 1. The first-order chi connectivity index (χ1) is 8.54. The van der Waals surface area contributed by atoms with Crippen molar-refractivity contribution in [1.82, 2.24) is 4.90 Å². The average Bonchev–Trinajstić information content (AvgIpc) is 2.65. The van der Waals surface area contributed by atoms with E-state index in [0.717, 1.165) is 44.9 Å². The molecule has 0 bridgehead atoms. The van der Waals surface area contributed by atoms with E-state index in [1.54, 1.807) is 4.90 Å². The first-order valence-electron chi connectivity index (χ1n) is 7.08. The van der Waals surface area contributed by atoms with Gasteiger partial charge in [0.2, 0.25) is 5.91 Å². The van der Waals surface area contributed by atoms with Gasteiger partial charge in [0.15, 0.2) is 0 Å². The molecule has 0 aromatic rings. The number of carbonyl (C=O) groups excluding carboxylic acids is 1. The second-order valence-corrected chi connectivity index (χ2v) is 5.97. The van der Waals surface area contributed by atoms with E-state index in [1.807, 2.05) is 6.92 Å². The molecular formula is C14H23NO3. The third-order valence-electron chi connectivity index (χ3n) is 4.52. The normalized spacial score (nSPS) is 27.8. The van der Waals surface area contributed by atoms with Gasteiger partial charge >= 0.3 is 5.97 Å². The monoisotopic (exact) mass is 253 g/mol. The van der Waals surface area contributed by atoms with Gasteiger partial charge in [-0.2, -0.15) is 0 Å². The summed E-state index contributed by atoms with van der Waals surface area (Å²) in [5.41, 5.74) is -0.307. The molecule has 2 fully saturated rings. The third kappa shape index (κ3) is 2.52. The van der Waals surface area contributed by atoms with Crippen molar-refractivity contribution in [2.75, 3.05) is 6.54 Å². The van der Waals surface area contributed by atoms with E-state index < -0.39 is 12.0 Å². The van der Waals surface area contributed by atoms with E-state index in [1.165, 1.54) is 0 Å². The summed E-state index contributed by atoms with van der Waals surface area (Å²) in [6, 6.07) is -0.600. The van der Waals surface area contributed by atoms with Crippen LogP contribution >= 0.6 is 0 Å². The maximum absolute atomic E-state index is 12.7. The molecule has 1 atom stereocenters. The molecule has 0 radical (unpaired) electrons. The minimum absolute atomic E-state index is 0.0781. The Bertz CT molecular complexity index is 334. The molecule has 1 unspecified atom stereocenters. The van der Waals surface area contributed by atoms with E-state index in [-0.39, 0.29) is 11.3 Å². The van der Waals surface area contributed by atoms with Crippen LogP contribution < -0.4 is 0 Å². The van der Waals surface area contributed by atoms with E-state index in [9.17, 15) is 14.7 Å². The lowest BCUT2D eigenvalue weighted by molar-refractivity contribution is -0.154. The highest BCUT2D eigenvalue weighted by Gasteiger charge is 2.42. The molecule has 1 aliphatic carbocycles. The number of carboxylic acids is 1. The molecule has 4 nitrogen and oxygen atoms in total. The topological polar surface area (TPSA) is 57.6 Å². The van der Waals surface area contributed by atoms with Gasteiger partial charge in [-0.1, -0.05) is 32.6 Å². The fourth-order valence-electron chi connectivity index (χ4n) is 3.32. The van der Waals surface area contributed by atoms with Crippen LogP contribution in [0, 0.1) is 5.41 Å². The van der Waals surface area contributed by atoms with Crippen LogP contribution in [0.15, 0.2) is 0 Å². The zero-order chi connectivity index (χ0) is 13.2. The summed E-state index contributed by atoms with van der Waals surface area (Å²) in [5, 5.41) is 9.32. The van der Waals surface area contributed by atoms with Crippen LogP contribution in [0.5, 0.6) is 0 Å². The van der Waals surface area contributed by atoms with Crippen LogP contribution in [-0.4, -0.2) is 34.5 Å². The molecule has 1 N–H and O–H groups in total. The number of carbonyl (C=O) groups is 2. The number of hydrogen-bond acceptors (Lipinski definition) is 2. The van der Waals surface area contributed by atoms with Gasteiger partial charge in [0.25, 0.3) is 0 Å². The van der Waals surface area contributed by atoms with Gasteiger partial charge in [0.1, 0.15) is 6.04 Å². The van der Waals surface area contributed by atoms with Gasteiger partial charge in [0, 0.05) is 12.0 Å². The SMILES string of the molecule is CC1(C(=O)N2CCCCCC2C(=O)O)CCCC1. The van der Waals surface area contributed by atoms with Crippen molar-refractivity contribution in [3.05, 3.63) is 0 Å². The van der Waals surface area contributed by atoms with Crippen LogP contribution in [0.4, 0.5) is 0 Å². The molecule has 0 spiro atoms. The second kappa shape index (κ2) is 5.29. The molecule has 0 aromatic heterocycles. The quantitative estimate of drug-likeness (QED) is 0.822. The Balaban J connectivity index is 2.16. The van der Waals surface area contributed by atoms with Gasteiger partial charge in [0.05, 0.1) is 0 Å². The first kappa shape index (κ1) is 13.4. The summed E-state index contributed by atoms with van der Waals surface area (Å²) < 4.78 is 0. The van der Waals surface area contributed by atoms with Crippen molar-refractivity contribution >= 4 is 11.9 Å². The molecule has 1 amide bonds. The van der Waals surface area contributed by atoms with E-state index in [4.69, 9.17) is 0 Å². The minimum atomic E-state index is -0.841. The fraction of sp³-hybridized carbons (Fsp3) is 0.857. The molecule has 1 saturated heterocycles. The molecule has 1 aliphatic heterocycles. The van der Waals surface area contributed by atoms with Crippen LogP contribution in [0.3, 0.4) is 0 Å². The Morgan fingerprint density at radius 2 is 1.78 bits per heavy atom. The number of hydrogen-bond donors (Lipinski definition) is 1. The molecule has 2 aliphatic rings. The lowest BCUT2D eigenvalue weighted by atomic mass is 9.86. The van der Waals surface area contributed by atoms with Crippen molar-refractivity contribution in [2.45, 2.75) is 64.3 Å². The van der Waals surface area contributed by atoms with Crippen LogP contribution in [0.1, 0.15) is 58.3 Å². The lowest BCUT2D eigenvalue weighted by Gasteiger charge is -2.34. The largest absolute Gasteiger partial charge is 0.480 e. The summed E-state index contributed by atoms with van der Waals surface area (Å²) in [5.74, 6) is -0.763. The number of carboxylic acid groups (broad SMARTS) is 1. The smallest absolute Gasteiger partial charge is 0.326 e. The Morgan fingerprint density at radius 3 is 2.39 bits per heavy atom. The minimum Gasteiger partial charge on any atom is -0.480 e. The molecule has 4 heteroatoms. The first-order valence-corrected chi connectivity index (χ1v) is 7.08. The Kier molecular flexibility index (Phi) is 3.93. The van der Waals surface area contributed by atoms with Crippen LogP contribution in [-0.2, 0) is 9.59 Å². The third-order valence-corrected chi connectivity index (χ3v) is 4.52. The highest BCUT2D eigenvalue weighted by Crippen LogP contribution is 2.40. The Morgan fingerprint density at radius 1 is 1.11 bits per heavy atom. The molecule has 0 aromatic carbocycles. The van der Waals surface area contributed by atoms with Gasteiger partial charge in [-0.3, -0.25) is 4.79 Å². The molecular weight excluding hydrogens is 230 g/mol. The van der Waals surface area contributed by atoms with Gasteiger partial charge in [-0.15, -0.1) is 0 Å². The van der Waals surface area contributed by atoms with E-state index in [0.29, 0.717) is 13.0 Å². The summed E-state index contributed by atoms with van der Waals surface area (Å²) in [6.45, 7) is 2.62. The highest BCUT2D eigenvalue weighted by molar-refractivity contribution is 5.87. The van der Waals surface area contributed by atoms with E-state index >= 15 is 0 Å². The van der Waals surface area contributed by atoms with Crippen LogP contribution in [0.25, 0.3) is 0 Å². The van der Waals surface area contributed by atoms with Gasteiger partial charge in [-0.25, -0.2) is 4.79 Å². The molecule has 1 saturated carbocycles.